The number of piperidine rings is 1. The number of amides is 1. The monoisotopic (exact) mass is 359 g/mol. The molecule has 0 saturated carbocycles. The predicted molar refractivity (Wildman–Crippen MR) is 97.9 cm³/mol. The van der Waals surface area contributed by atoms with E-state index in [4.69, 9.17) is 5.73 Å². The van der Waals surface area contributed by atoms with Crippen LogP contribution in [0.1, 0.15) is 29.6 Å². The first-order valence-electron chi connectivity index (χ1n) is 8.24. The van der Waals surface area contributed by atoms with Gasteiger partial charge in [-0.15, -0.1) is 0 Å². The van der Waals surface area contributed by atoms with Crippen LogP contribution in [-0.4, -0.2) is 31.7 Å². The van der Waals surface area contributed by atoms with Crippen LogP contribution in [0.15, 0.2) is 53.4 Å². The fourth-order valence-corrected chi connectivity index (χ4v) is 4.36. The molecule has 0 aromatic heterocycles. The highest BCUT2D eigenvalue weighted by Gasteiger charge is 2.25. The maximum Gasteiger partial charge on any atom is 0.255 e. The highest BCUT2D eigenvalue weighted by atomic mass is 32.2. The minimum atomic E-state index is -3.49. The number of benzene rings is 2. The first-order chi connectivity index (χ1) is 12.0. The fourth-order valence-electron chi connectivity index (χ4n) is 2.84. The topological polar surface area (TPSA) is 92.5 Å². The standard InChI is InChI=1S/C18H21N3O3S/c19-16-6-2-3-7-17(16)20-18(22)14-8-10-15(11-9-14)25(23,24)21-12-4-1-5-13-21/h2-3,6-11H,1,4-5,12-13,19H2,(H,20,22). The molecule has 2 aromatic rings. The van der Waals surface area contributed by atoms with Gasteiger partial charge in [0.15, 0.2) is 0 Å². The molecule has 1 saturated heterocycles. The van der Waals surface area contributed by atoms with Crippen LogP contribution in [0.2, 0.25) is 0 Å². The molecule has 3 rings (SSSR count). The smallest absolute Gasteiger partial charge is 0.255 e. The summed E-state index contributed by atoms with van der Waals surface area (Å²) >= 11 is 0. The number of nitrogen functional groups attached to an aromatic ring is 1. The van der Waals surface area contributed by atoms with Crippen LogP contribution in [0.3, 0.4) is 0 Å². The Labute approximate surface area is 147 Å². The predicted octanol–water partition coefficient (Wildman–Crippen LogP) is 2.70. The van der Waals surface area contributed by atoms with Crippen molar-refractivity contribution in [2.75, 3.05) is 24.1 Å². The Bertz CT molecular complexity index is 857. The summed E-state index contributed by atoms with van der Waals surface area (Å²) in [5, 5.41) is 2.72. The van der Waals surface area contributed by atoms with Gasteiger partial charge < -0.3 is 11.1 Å². The van der Waals surface area contributed by atoms with Crippen molar-refractivity contribution < 1.29 is 13.2 Å². The second-order valence-electron chi connectivity index (χ2n) is 6.03. The van der Waals surface area contributed by atoms with Crippen molar-refractivity contribution in [2.45, 2.75) is 24.2 Å². The van der Waals surface area contributed by atoms with Crippen molar-refractivity contribution in [1.29, 1.82) is 0 Å². The van der Waals surface area contributed by atoms with Crippen molar-refractivity contribution in [2.24, 2.45) is 0 Å². The van der Waals surface area contributed by atoms with Gasteiger partial charge in [-0.2, -0.15) is 4.31 Å². The van der Waals surface area contributed by atoms with Crippen molar-refractivity contribution in [3.63, 3.8) is 0 Å². The molecule has 3 N–H and O–H groups in total. The van der Waals surface area contributed by atoms with Gasteiger partial charge in [0.25, 0.3) is 5.91 Å². The molecule has 1 aliphatic heterocycles. The number of anilines is 2. The molecule has 0 aliphatic carbocycles. The lowest BCUT2D eigenvalue weighted by Gasteiger charge is -2.25. The number of sulfonamides is 1. The zero-order valence-electron chi connectivity index (χ0n) is 13.8. The van der Waals surface area contributed by atoms with Crippen LogP contribution in [0.4, 0.5) is 11.4 Å². The third kappa shape index (κ3) is 3.83. The molecule has 6 nitrogen and oxygen atoms in total. The maximum absolute atomic E-state index is 12.6. The molecule has 132 valence electrons. The van der Waals surface area contributed by atoms with E-state index in [9.17, 15) is 13.2 Å². The maximum atomic E-state index is 12.6. The molecule has 7 heteroatoms. The van der Waals surface area contributed by atoms with Crippen LogP contribution in [0, 0.1) is 0 Å². The van der Waals surface area contributed by atoms with Crippen LogP contribution in [0.25, 0.3) is 0 Å². The van der Waals surface area contributed by atoms with Gasteiger partial charge in [0.05, 0.1) is 16.3 Å². The van der Waals surface area contributed by atoms with Gasteiger partial charge in [0.1, 0.15) is 0 Å². The molecule has 1 aliphatic rings. The average Bonchev–Trinajstić information content (AvgIpc) is 2.64. The molecule has 1 heterocycles. The minimum absolute atomic E-state index is 0.213. The summed E-state index contributed by atoms with van der Waals surface area (Å²) in [5.74, 6) is -0.333. The fraction of sp³-hybridized carbons (Fsp3) is 0.278. The summed E-state index contributed by atoms with van der Waals surface area (Å²) in [6.07, 6.45) is 2.84. The molecule has 2 aromatic carbocycles. The molecule has 25 heavy (non-hydrogen) atoms. The second kappa shape index (κ2) is 7.25. The third-order valence-corrected chi connectivity index (χ3v) is 6.19. The Hall–Kier alpha value is -2.38. The van der Waals surface area contributed by atoms with E-state index in [2.05, 4.69) is 5.32 Å². The van der Waals surface area contributed by atoms with E-state index < -0.39 is 10.0 Å². The van der Waals surface area contributed by atoms with Crippen LogP contribution in [0.5, 0.6) is 0 Å². The van der Waals surface area contributed by atoms with Crippen LogP contribution >= 0.6 is 0 Å². The van der Waals surface area contributed by atoms with E-state index in [1.807, 2.05) is 0 Å². The van der Waals surface area contributed by atoms with Crippen LogP contribution < -0.4 is 11.1 Å². The lowest BCUT2D eigenvalue weighted by molar-refractivity contribution is 0.102. The molecule has 0 radical (unpaired) electrons. The number of rotatable bonds is 4. The van der Waals surface area contributed by atoms with E-state index >= 15 is 0 Å². The van der Waals surface area contributed by atoms with Gasteiger partial charge in [-0.1, -0.05) is 18.6 Å². The molecule has 0 atom stereocenters. The Morgan fingerprint density at radius 2 is 1.60 bits per heavy atom. The number of carbonyl (C=O) groups excluding carboxylic acids is 1. The molecular formula is C18H21N3O3S. The quantitative estimate of drug-likeness (QED) is 0.821. The van der Waals surface area contributed by atoms with E-state index in [0.29, 0.717) is 30.0 Å². The summed E-state index contributed by atoms with van der Waals surface area (Å²) in [6.45, 7) is 1.11. The molecule has 0 unspecified atom stereocenters. The van der Waals surface area contributed by atoms with Crippen molar-refractivity contribution in [1.82, 2.24) is 4.31 Å². The van der Waals surface area contributed by atoms with E-state index in [0.717, 1.165) is 19.3 Å². The summed E-state index contributed by atoms with van der Waals surface area (Å²) in [5.41, 5.74) is 7.18. The number of hydrogen-bond acceptors (Lipinski definition) is 4. The SMILES string of the molecule is Nc1ccccc1NC(=O)c1ccc(S(=O)(=O)N2CCCCC2)cc1. The van der Waals surface area contributed by atoms with Crippen LogP contribution in [-0.2, 0) is 10.0 Å². The lowest BCUT2D eigenvalue weighted by atomic mass is 10.2. The summed E-state index contributed by atoms with van der Waals surface area (Å²) in [6, 6.07) is 13.0. The van der Waals surface area contributed by atoms with E-state index in [1.54, 1.807) is 24.3 Å². The molecule has 1 amide bonds. The highest BCUT2D eigenvalue weighted by molar-refractivity contribution is 7.89. The lowest BCUT2D eigenvalue weighted by Crippen LogP contribution is -2.35. The minimum Gasteiger partial charge on any atom is -0.397 e. The number of nitrogens with zero attached hydrogens (tertiary/aromatic N) is 1. The van der Waals surface area contributed by atoms with Crippen molar-refractivity contribution >= 4 is 27.3 Å². The zero-order chi connectivity index (χ0) is 17.9. The van der Waals surface area contributed by atoms with Gasteiger partial charge >= 0.3 is 0 Å². The number of para-hydroxylation sites is 2. The first kappa shape index (κ1) is 17.4. The zero-order valence-corrected chi connectivity index (χ0v) is 14.6. The Balaban J connectivity index is 1.75. The largest absolute Gasteiger partial charge is 0.397 e. The molecular weight excluding hydrogens is 338 g/mol. The number of carbonyl (C=O) groups is 1. The Kier molecular flexibility index (Phi) is 5.06. The van der Waals surface area contributed by atoms with E-state index in [-0.39, 0.29) is 10.8 Å². The summed E-state index contributed by atoms with van der Waals surface area (Å²) < 4.78 is 26.7. The van der Waals surface area contributed by atoms with Gasteiger partial charge in [0, 0.05) is 18.7 Å². The van der Waals surface area contributed by atoms with Gasteiger partial charge in [0.2, 0.25) is 10.0 Å². The molecule has 0 spiro atoms. The summed E-state index contributed by atoms with van der Waals surface area (Å²) in [7, 11) is -3.49. The van der Waals surface area contributed by atoms with E-state index in [1.165, 1.54) is 28.6 Å². The average molecular weight is 359 g/mol. The highest BCUT2D eigenvalue weighted by Crippen LogP contribution is 2.22. The Morgan fingerprint density at radius 1 is 0.960 bits per heavy atom. The second-order valence-corrected chi connectivity index (χ2v) is 7.97. The Morgan fingerprint density at radius 3 is 2.24 bits per heavy atom. The third-order valence-electron chi connectivity index (χ3n) is 4.28. The summed E-state index contributed by atoms with van der Waals surface area (Å²) in [4.78, 5) is 12.5. The number of nitrogens with two attached hydrogens (primary N) is 1. The number of hydrogen-bond donors (Lipinski definition) is 2. The first-order valence-corrected chi connectivity index (χ1v) is 9.68. The van der Waals surface area contributed by atoms with Gasteiger partial charge in [-0.3, -0.25) is 4.79 Å². The number of nitrogens with one attached hydrogen (secondary N) is 1. The molecule has 0 bridgehead atoms. The van der Waals surface area contributed by atoms with Gasteiger partial charge in [-0.05, 0) is 49.2 Å². The van der Waals surface area contributed by atoms with Gasteiger partial charge in [-0.25, -0.2) is 8.42 Å². The van der Waals surface area contributed by atoms with Crippen molar-refractivity contribution in [3.05, 3.63) is 54.1 Å². The van der Waals surface area contributed by atoms with Crippen molar-refractivity contribution in [3.8, 4) is 0 Å². The molecule has 1 fully saturated rings. The normalized spacial score (nSPS) is 15.7.